The Hall–Kier alpha value is -0.610. The third kappa shape index (κ3) is 3.46. The molecule has 16 heavy (non-hydrogen) atoms. The Kier molecular flexibility index (Phi) is 4.60. The number of amides is 1. The Morgan fingerprint density at radius 1 is 1.31 bits per heavy atom. The van der Waals surface area contributed by atoms with Crippen LogP contribution >= 0.6 is 0 Å². The minimum atomic E-state index is 0.164. The van der Waals surface area contributed by atoms with Gasteiger partial charge in [-0.15, -0.1) is 0 Å². The Labute approximate surface area is 97.1 Å². The van der Waals surface area contributed by atoms with E-state index in [1.54, 1.807) is 0 Å². The summed E-state index contributed by atoms with van der Waals surface area (Å²) in [5.41, 5.74) is 0. The van der Waals surface area contributed by atoms with Crippen molar-refractivity contribution in [2.24, 2.45) is 5.92 Å². The van der Waals surface area contributed by atoms with E-state index in [0.29, 0.717) is 6.54 Å². The number of hydrogen-bond donors (Lipinski definition) is 2. The summed E-state index contributed by atoms with van der Waals surface area (Å²) in [4.78, 5) is 11.8. The second-order valence-corrected chi connectivity index (χ2v) is 4.78. The molecular formula is C12H22N2O2. The molecule has 0 radical (unpaired) electrons. The molecule has 0 aromatic rings. The minimum absolute atomic E-state index is 0.164. The number of hydrogen-bond acceptors (Lipinski definition) is 3. The highest BCUT2D eigenvalue weighted by atomic mass is 16.5. The number of rotatable bonds is 3. The minimum Gasteiger partial charge on any atom is -0.376 e. The van der Waals surface area contributed by atoms with Crippen molar-refractivity contribution < 1.29 is 9.53 Å². The van der Waals surface area contributed by atoms with E-state index >= 15 is 0 Å². The van der Waals surface area contributed by atoms with Gasteiger partial charge in [0.1, 0.15) is 0 Å². The van der Waals surface area contributed by atoms with Gasteiger partial charge in [0.15, 0.2) is 0 Å². The first kappa shape index (κ1) is 11.9. The molecule has 4 nitrogen and oxygen atoms in total. The number of ether oxygens (including phenoxy) is 1. The first-order valence-corrected chi connectivity index (χ1v) is 6.46. The van der Waals surface area contributed by atoms with Gasteiger partial charge in [0.2, 0.25) is 5.91 Å². The molecule has 0 bridgehead atoms. The summed E-state index contributed by atoms with van der Waals surface area (Å²) in [5.74, 6) is 0.360. The Balaban J connectivity index is 1.65. The quantitative estimate of drug-likeness (QED) is 0.743. The fraction of sp³-hybridized carbons (Fsp3) is 0.917. The molecule has 2 aliphatic heterocycles. The molecule has 0 spiro atoms. The van der Waals surface area contributed by atoms with Gasteiger partial charge in [-0.25, -0.2) is 0 Å². The molecule has 0 aromatic heterocycles. The first-order valence-electron chi connectivity index (χ1n) is 6.46. The lowest BCUT2D eigenvalue weighted by molar-refractivity contribution is -0.126. The topological polar surface area (TPSA) is 50.4 Å². The van der Waals surface area contributed by atoms with Crippen LogP contribution in [0.5, 0.6) is 0 Å². The van der Waals surface area contributed by atoms with Crippen LogP contribution in [0, 0.1) is 5.92 Å². The lowest BCUT2D eigenvalue weighted by Crippen LogP contribution is -2.43. The van der Waals surface area contributed by atoms with E-state index in [-0.39, 0.29) is 17.9 Å². The van der Waals surface area contributed by atoms with Crippen molar-refractivity contribution >= 4 is 5.91 Å². The zero-order valence-corrected chi connectivity index (χ0v) is 9.84. The third-order valence-corrected chi connectivity index (χ3v) is 3.45. The predicted molar refractivity (Wildman–Crippen MR) is 62.2 cm³/mol. The van der Waals surface area contributed by atoms with E-state index in [2.05, 4.69) is 10.6 Å². The maximum absolute atomic E-state index is 11.8. The van der Waals surface area contributed by atoms with Crippen LogP contribution in [-0.4, -0.2) is 38.3 Å². The molecule has 1 amide bonds. The van der Waals surface area contributed by atoms with Gasteiger partial charge >= 0.3 is 0 Å². The summed E-state index contributed by atoms with van der Waals surface area (Å²) in [6, 6.07) is 0. The monoisotopic (exact) mass is 226 g/mol. The molecule has 4 heteroatoms. The number of carbonyl (C=O) groups excluding carboxylic acids is 1. The van der Waals surface area contributed by atoms with Crippen LogP contribution in [0.1, 0.15) is 32.1 Å². The van der Waals surface area contributed by atoms with Crippen molar-refractivity contribution in [2.45, 2.75) is 38.2 Å². The summed E-state index contributed by atoms with van der Waals surface area (Å²) in [7, 11) is 0. The van der Waals surface area contributed by atoms with E-state index < -0.39 is 0 Å². The van der Waals surface area contributed by atoms with Crippen molar-refractivity contribution in [1.29, 1.82) is 0 Å². The average Bonchev–Trinajstić information content (AvgIpc) is 2.38. The molecule has 2 N–H and O–H groups in total. The number of carbonyl (C=O) groups is 1. The van der Waals surface area contributed by atoms with Gasteiger partial charge < -0.3 is 15.4 Å². The summed E-state index contributed by atoms with van der Waals surface area (Å²) >= 11 is 0. The molecule has 92 valence electrons. The second-order valence-electron chi connectivity index (χ2n) is 4.78. The highest BCUT2D eigenvalue weighted by Gasteiger charge is 2.22. The van der Waals surface area contributed by atoms with Crippen molar-refractivity contribution in [3.8, 4) is 0 Å². The summed E-state index contributed by atoms with van der Waals surface area (Å²) in [5, 5.41) is 6.28. The zero-order valence-electron chi connectivity index (χ0n) is 9.84. The molecule has 1 unspecified atom stereocenters. The van der Waals surface area contributed by atoms with Crippen LogP contribution in [0.15, 0.2) is 0 Å². The first-order chi connectivity index (χ1) is 7.86. The molecule has 2 saturated heterocycles. The Bertz CT molecular complexity index is 221. The predicted octanol–water partition coefficient (Wildman–Crippen LogP) is 0.671. The maximum Gasteiger partial charge on any atom is 0.224 e. The molecule has 2 atom stereocenters. The third-order valence-electron chi connectivity index (χ3n) is 3.45. The van der Waals surface area contributed by atoms with Gasteiger partial charge in [0.25, 0.3) is 0 Å². The maximum atomic E-state index is 11.8. The van der Waals surface area contributed by atoms with Crippen LogP contribution in [0.4, 0.5) is 0 Å². The van der Waals surface area contributed by atoms with Crippen LogP contribution < -0.4 is 10.6 Å². The molecule has 2 rings (SSSR count). The lowest BCUT2D eigenvalue weighted by Gasteiger charge is -2.25. The fourth-order valence-corrected chi connectivity index (χ4v) is 2.40. The Morgan fingerprint density at radius 3 is 2.94 bits per heavy atom. The van der Waals surface area contributed by atoms with Crippen molar-refractivity contribution in [2.75, 3.05) is 26.2 Å². The normalized spacial score (nSPS) is 31.0. The SMILES string of the molecule is O=C(NCC1CCCCO1)[C@H]1CCCNC1. The Morgan fingerprint density at radius 2 is 2.25 bits per heavy atom. The molecule has 2 fully saturated rings. The number of piperidine rings is 1. The summed E-state index contributed by atoms with van der Waals surface area (Å²) in [6.07, 6.45) is 5.85. The van der Waals surface area contributed by atoms with Crippen LogP contribution in [0.2, 0.25) is 0 Å². The van der Waals surface area contributed by atoms with Crippen LogP contribution in [-0.2, 0) is 9.53 Å². The second kappa shape index (κ2) is 6.21. The lowest BCUT2D eigenvalue weighted by atomic mass is 9.98. The molecule has 0 aromatic carbocycles. The molecule has 2 heterocycles. The van der Waals surface area contributed by atoms with E-state index in [9.17, 15) is 4.79 Å². The van der Waals surface area contributed by atoms with E-state index in [1.807, 2.05) is 0 Å². The molecule has 0 aliphatic carbocycles. The summed E-state index contributed by atoms with van der Waals surface area (Å²) in [6.45, 7) is 3.42. The largest absolute Gasteiger partial charge is 0.376 e. The zero-order chi connectivity index (χ0) is 11.2. The summed E-state index contributed by atoms with van der Waals surface area (Å²) < 4.78 is 5.59. The van der Waals surface area contributed by atoms with E-state index in [1.165, 1.54) is 6.42 Å². The smallest absolute Gasteiger partial charge is 0.224 e. The highest BCUT2D eigenvalue weighted by molar-refractivity contribution is 5.78. The molecule has 0 saturated carbocycles. The van der Waals surface area contributed by atoms with Gasteiger partial charge in [-0.05, 0) is 38.6 Å². The van der Waals surface area contributed by atoms with Gasteiger partial charge in [-0.2, -0.15) is 0 Å². The van der Waals surface area contributed by atoms with Gasteiger partial charge in [0, 0.05) is 19.7 Å². The van der Waals surface area contributed by atoms with Crippen LogP contribution in [0.3, 0.4) is 0 Å². The van der Waals surface area contributed by atoms with Crippen molar-refractivity contribution in [3.05, 3.63) is 0 Å². The van der Waals surface area contributed by atoms with Crippen LogP contribution in [0.25, 0.3) is 0 Å². The number of nitrogens with one attached hydrogen (secondary N) is 2. The standard InChI is InChI=1S/C12H22N2O2/c15-12(10-4-3-6-13-8-10)14-9-11-5-1-2-7-16-11/h10-11,13H,1-9H2,(H,14,15)/t10-,11?/m0/s1. The van der Waals surface area contributed by atoms with Gasteiger partial charge in [-0.1, -0.05) is 0 Å². The van der Waals surface area contributed by atoms with Gasteiger partial charge in [0.05, 0.1) is 12.0 Å². The van der Waals surface area contributed by atoms with Gasteiger partial charge in [-0.3, -0.25) is 4.79 Å². The van der Waals surface area contributed by atoms with E-state index in [4.69, 9.17) is 4.74 Å². The van der Waals surface area contributed by atoms with Crippen molar-refractivity contribution in [3.63, 3.8) is 0 Å². The fourth-order valence-electron chi connectivity index (χ4n) is 2.40. The van der Waals surface area contributed by atoms with Crippen molar-refractivity contribution in [1.82, 2.24) is 10.6 Å². The van der Waals surface area contributed by atoms with E-state index in [0.717, 1.165) is 45.4 Å². The highest BCUT2D eigenvalue weighted by Crippen LogP contribution is 2.13. The average molecular weight is 226 g/mol. The molecule has 2 aliphatic rings. The molecular weight excluding hydrogens is 204 g/mol.